The van der Waals surface area contributed by atoms with Crippen molar-refractivity contribution in [1.29, 1.82) is 0 Å². The lowest BCUT2D eigenvalue weighted by molar-refractivity contribution is -0.130. The van der Waals surface area contributed by atoms with Crippen LogP contribution in [0, 0.1) is 12.7 Å². The van der Waals surface area contributed by atoms with Gasteiger partial charge in [0.1, 0.15) is 17.7 Å². The van der Waals surface area contributed by atoms with Crippen molar-refractivity contribution in [2.75, 3.05) is 33.3 Å². The Balaban J connectivity index is 1.79. The lowest BCUT2D eigenvalue weighted by Gasteiger charge is -2.40. The highest BCUT2D eigenvalue weighted by Crippen LogP contribution is 2.26. The molecule has 170 valence electrons. The summed E-state index contributed by atoms with van der Waals surface area (Å²) in [6.07, 6.45) is 0.911. The first-order chi connectivity index (χ1) is 15.3. The third-order valence-corrected chi connectivity index (χ3v) is 5.71. The number of amides is 1. The number of aryl methyl sites for hydroxylation is 1. The molecule has 0 spiro atoms. The second kappa shape index (κ2) is 10.4. The Morgan fingerprint density at radius 3 is 2.53 bits per heavy atom. The zero-order chi connectivity index (χ0) is 23.3. The molecular formula is C25H29FN2O4. The Bertz CT molecular complexity index is 976. The maximum absolute atomic E-state index is 14.3. The number of carbonyl (C=O) groups is 2. The Morgan fingerprint density at radius 2 is 1.94 bits per heavy atom. The first kappa shape index (κ1) is 23.5. The number of benzene rings is 2. The number of rotatable bonds is 7. The summed E-state index contributed by atoms with van der Waals surface area (Å²) >= 11 is 0. The van der Waals surface area contributed by atoms with Gasteiger partial charge in [-0.3, -0.25) is 9.69 Å². The van der Waals surface area contributed by atoms with Crippen LogP contribution < -0.4 is 4.74 Å². The predicted octanol–water partition coefficient (Wildman–Crippen LogP) is 3.76. The molecule has 1 fully saturated rings. The van der Waals surface area contributed by atoms with Crippen LogP contribution >= 0.6 is 0 Å². The molecule has 2 aromatic carbocycles. The molecule has 3 rings (SSSR count). The Kier molecular flexibility index (Phi) is 7.64. The van der Waals surface area contributed by atoms with Gasteiger partial charge in [0.25, 0.3) is 0 Å². The van der Waals surface area contributed by atoms with Crippen molar-refractivity contribution in [1.82, 2.24) is 9.80 Å². The van der Waals surface area contributed by atoms with Crippen LogP contribution in [0.1, 0.15) is 34.5 Å². The number of carbonyl (C=O) groups excluding carboxylic acids is 2. The van der Waals surface area contributed by atoms with E-state index >= 15 is 0 Å². The van der Waals surface area contributed by atoms with E-state index in [2.05, 4.69) is 11.5 Å². The highest BCUT2D eigenvalue weighted by Gasteiger charge is 2.28. The molecular weight excluding hydrogens is 411 g/mol. The van der Waals surface area contributed by atoms with Gasteiger partial charge in [0.15, 0.2) is 0 Å². The molecule has 1 amide bonds. The van der Waals surface area contributed by atoms with Crippen LogP contribution in [0.2, 0.25) is 0 Å². The lowest BCUT2D eigenvalue weighted by Crippen LogP contribution is -2.54. The van der Waals surface area contributed by atoms with Gasteiger partial charge >= 0.3 is 5.97 Å². The molecule has 2 aromatic rings. The third-order valence-electron chi connectivity index (χ3n) is 5.71. The average Bonchev–Trinajstić information content (AvgIpc) is 2.80. The highest BCUT2D eigenvalue weighted by molar-refractivity contribution is 5.89. The molecule has 1 aliphatic rings. The molecule has 1 heterocycles. The number of hydrogen-bond donors (Lipinski definition) is 0. The molecule has 0 aliphatic carbocycles. The number of ether oxygens (including phenoxy) is 2. The Hall–Kier alpha value is -3.19. The second-order valence-corrected chi connectivity index (χ2v) is 7.98. The first-order valence-electron chi connectivity index (χ1n) is 10.6. The van der Waals surface area contributed by atoms with E-state index in [0.29, 0.717) is 43.1 Å². The van der Waals surface area contributed by atoms with E-state index in [1.165, 1.54) is 19.3 Å². The van der Waals surface area contributed by atoms with E-state index in [4.69, 9.17) is 9.47 Å². The fourth-order valence-electron chi connectivity index (χ4n) is 3.85. The molecule has 1 aliphatic heterocycles. The van der Waals surface area contributed by atoms with Gasteiger partial charge in [-0.2, -0.15) is 0 Å². The van der Waals surface area contributed by atoms with Gasteiger partial charge in [-0.05, 0) is 61.4 Å². The lowest BCUT2D eigenvalue weighted by atomic mass is 10.0. The quantitative estimate of drug-likeness (QED) is 0.485. The largest absolute Gasteiger partial charge is 0.484 e. The zero-order valence-electron chi connectivity index (χ0n) is 18.7. The minimum atomic E-state index is -0.428. The SMILES string of the molecule is C=CC(=O)N1CCN(CC(Oc2ccc(C(=O)OC)cc2)c2ccc(C)c(F)c2)C[C@H]1C. The van der Waals surface area contributed by atoms with Crippen LogP contribution in [-0.2, 0) is 9.53 Å². The molecule has 2 atom stereocenters. The van der Waals surface area contributed by atoms with Gasteiger partial charge in [0, 0.05) is 32.2 Å². The highest BCUT2D eigenvalue weighted by atomic mass is 19.1. The summed E-state index contributed by atoms with van der Waals surface area (Å²) in [5.41, 5.74) is 1.72. The van der Waals surface area contributed by atoms with Crippen LogP contribution in [-0.4, -0.2) is 61.0 Å². The van der Waals surface area contributed by atoms with Crippen molar-refractivity contribution in [3.05, 3.63) is 77.6 Å². The summed E-state index contributed by atoms with van der Waals surface area (Å²) in [5, 5.41) is 0. The average molecular weight is 441 g/mol. The standard InChI is InChI=1S/C25H29FN2O4/c1-5-24(29)28-13-12-27(15-18(28)3)16-23(20-7-6-17(2)22(26)14-20)32-21-10-8-19(9-11-21)25(30)31-4/h5-11,14,18,23H,1,12-13,15-16H2,2-4H3/t18-,23?/m1/s1. The zero-order valence-corrected chi connectivity index (χ0v) is 18.7. The second-order valence-electron chi connectivity index (χ2n) is 7.98. The summed E-state index contributed by atoms with van der Waals surface area (Å²) < 4.78 is 25.3. The molecule has 0 N–H and O–H groups in total. The Labute approximate surface area is 188 Å². The van der Waals surface area contributed by atoms with Gasteiger partial charge in [0.2, 0.25) is 5.91 Å². The van der Waals surface area contributed by atoms with E-state index in [0.717, 1.165) is 5.56 Å². The topological polar surface area (TPSA) is 59.1 Å². The van der Waals surface area contributed by atoms with Crippen molar-refractivity contribution >= 4 is 11.9 Å². The molecule has 0 bridgehead atoms. The van der Waals surface area contributed by atoms with Crippen LogP contribution in [0.25, 0.3) is 0 Å². The van der Waals surface area contributed by atoms with Gasteiger partial charge in [-0.25, -0.2) is 9.18 Å². The molecule has 0 saturated carbocycles. The van der Waals surface area contributed by atoms with E-state index in [9.17, 15) is 14.0 Å². The van der Waals surface area contributed by atoms with Crippen LogP contribution in [0.15, 0.2) is 55.1 Å². The molecule has 0 radical (unpaired) electrons. The summed E-state index contributed by atoms with van der Waals surface area (Å²) in [5.74, 6) is -0.213. The first-order valence-corrected chi connectivity index (χ1v) is 10.6. The van der Waals surface area contributed by atoms with Crippen molar-refractivity contribution in [2.24, 2.45) is 0 Å². The van der Waals surface area contributed by atoms with Gasteiger partial charge in [-0.15, -0.1) is 0 Å². The summed E-state index contributed by atoms with van der Waals surface area (Å²) in [6, 6.07) is 11.8. The van der Waals surface area contributed by atoms with Crippen LogP contribution in [0.3, 0.4) is 0 Å². The minimum Gasteiger partial charge on any atom is -0.484 e. The van der Waals surface area contributed by atoms with Crippen molar-refractivity contribution < 1.29 is 23.5 Å². The number of hydrogen-bond acceptors (Lipinski definition) is 5. The minimum absolute atomic E-state index is 0.0315. The van der Waals surface area contributed by atoms with Crippen molar-refractivity contribution in [2.45, 2.75) is 26.0 Å². The molecule has 32 heavy (non-hydrogen) atoms. The molecule has 7 heteroatoms. The maximum atomic E-state index is 14.3. The van der Waals surface area contributed by atoms with E-state index in [1.807, 2.05) is 13.0 Å². The normalized spacial score (nSPS) is 17.5. The third kappa shape index (κ3) is 5.53. The smallest absolute Gasteiger partial charge is 0.337 e. The van der Waals surface area contributed by atoms with Gasteiger partial charge in [-0.1, -0.05) is 18.7 Å². The van der Waals surface area contributed by atoms with Crippen molar-refractivity contribution in [3.8, 4) is 5.75 Å². The number of piperazine rings is 1. The maximum Gasteiger partial charge on any atom is 0.337 e. The molecule has 1 saturated heterocycles. The van der Waals surface area contributed by atoms with E-state index in [-0.39, 0.29) is 17.8 Å². The summed E-state index contributed by atoms with van der Waals surface area (Å²) in [4.78, 5) is 27.7. The number of methoxy groups -OCH3 is 1. The number of esters is 1. The molecule has 0 aromatic heterocycles. The fourth-order valence-corrected chi connectivity index (χ4v) is 3.85. The summed E-state index contributed by atoms with van der Waals surface area (Å²) in [7, 11) is 1.33. The van der Waals surface area contributed by atoms with Crippen LogP contribution in [0.4, 0.5) is 4.39 Å². The van der Waals surface area contributed by atoms with Gasteiger partial charge in [0.05, 0.1) is 12.7 Å². The fraction of sp³-hybridized carbons (Fsp3) is 0.360. The van der Waals surface area contributed by atoms with Gasteiger partial charge < -0.3 is 14.4 Å². The predicted molar refractivity (Wildman–Crippen MR) is 120 cm³/mol. The monoisotopic (exact) mass is 440 g/mol. The van der Waals surface area contributed by atoms with E-state index in [1.54, 1.807) is 42.2 Å². The molecule has 1 unspecified atom stereocenters. The van der Waals surface area contributed by atoms with Crippen LogP contribution in [0.5, 0.6) is 5.75 Å². The Morgan fingerprint density at radius 1 is 1.22 bits per heavy atom. The van der Waals surface area contributed by atoms with Crippen molar-refractivity contribution in [3.63, 3.8) is 0 Å². The van der Waals surface area contributed by atoms with E-state index < -0.39 is 12.1 Å². The number of halogens is 1. The number of nitrogens with zero attached hydrogens (tertiary/aromatic N) is 2. The summed E-state index contributed by atoms with van der Waals surface area (Å²) in [6.45, 7) is 9.77. The molecule has 6 nitrogen and oxygen atoms in total.